The molecule has 0 radical (unpaired) electrons. The van der Waals surface area contributed by atoms with Gasteiger partial charge in [-0.05, 0) is 33.8 Å². The maximum Gasteiger partial charge on any atom is 0.496 e. The van der Waals surface area contributed by atoms with Gasteiger partial charge in [-0.1, -0.05) is 0 Å². The lowest BCUT2D eigenvalue weighted by atomic mass is 9.81. The fraction of sp³-hybridized carbons (Fsp3) is 0.600. The lowest BCUT2D eigenvalue weighted by molar-refractivity contribution is -0.137. The molecular weight excluding hydrogens is 299 g/mol. The molecule has 8 heteroatoms. The number of aromatic nitrogens is 1. The summed E-state index contributed by atoms with van der Waals surface area (Å²) in [6.45, 7) is 8.15. The molecule has 0 aliphatic carbocycles. The molecule has 124 valence electrons. The van der Waals surface area contributed by atoms with Crippen LogP contribution in [0.1, 0.15) is 50.6 Å². The molecule has 3 heterocycles. The fourth-order valence-electron chi connectivity index (χ4n) is 2.86. The van der Waals surface area contributed by atoms with Gasteiger partial charge in [0.2, 0.25) is 0 Å². The smallest absolute Gasteiger partial charge is 0.481 e. The second-order valence-electron chi connectivity index (χ2n) is 7.12. The average Bonchev–Trinajstić information content (AvgIpc) is 2.94. The molecule has 1 aromatic heterocycles. The highest BCUT2D eigenvalue weighted by Crippen LogP contribution is 2.36. The zero-order valence-electron chi connectivity index (χ0n) is 13.8. The number of hydrogen-bond donors (Lipinski definition) is 2. The summed E-state index contributed by atoms with van der Waals surface area (Å²) in [6, 6.07) is 1.40. The van der Waals surface area contributed by atoms with Crippen LogP contribution in [0.15, 0.2) is 12.3 Å². The number of hydrogen-bond acceptors (Lipinski definition) is 4. The Kier molecular flexibility index (Phi) is 3.57. The molecule has 0 spiro atoms. The van der Waals surface area contributed by atoms with Crippen LogP contribution in [-0.4, -0.2) is 46.4 Å². The first-order valence-corrected chi connectivity index (χ1v) is 7.68. The summed E-state index contributed by atoms with van der Waals surface area (Å²) in [5.74, 6) is -1.11. The van der Waals surface area contributed by atoms with Crippen LogP contribution in [0.2, 0.25) is 0 Å². The van der Waals surface area contributed by atoms with E-state index in [0.29, 0.717) is 12.2 Å². The van der Waals surface area contributed by atoms with Crippen molar-refractivity contribution in [1.29, 1.82) is 0 Å². The molecule has 3 rings (SSSR count). The zero-order valence-corrected chi connectivity index (χ0v) is 13.8. The lowest BCUT2D eigenvalue weighted by Gasteiger charge is -2.32. The number of aliphatic carboxylic acids is 1. The van der Waals surface area contributed by atoms with E-state index in [-0.39, 0.29) is 18.4 Å². The van der Waals surface area contributed by atoms with Crippen molar-refractivity contribution in [3.8, 4) is 0 Å². The summed E-state index contributed by atoms with van der Waals surface area (Å²) in [4.78, 5) is 23.1. The van der Waals surface area contributed by atoms with Gasteiger partial charge in [-0.3, -0.25) is 9.59 Å². The number of amides is 1. The molecule has 7 nitrogen and oxygen atoms in total. The Bertz CT molecular complexity index is 651. The summed E-state index contributed by atoms with van der Waals surface area (Å²) in [5, 5.41) is 11.8. The topological polar surface area (TPSA) is 89.8 Å². The van der Waals surface area contributed by atoms with Crippen molar-refractivity contribution in [2.45, 2.75) is 51.4 Å². The van der Waals surface area contributed by atoms with Gasteiger partial charge in [0, 0.05) is 18.2 Å². The van der Waals surface area contributed by atoms with Crippen LogP contribution < -0.4 is 10.8 Å². The average molecular weight is 320 g/mol. The Morgan fingerprint density at radius 3 is 2.57 bits per heavy atom. The zero-order chi connectivity index (χ0) is 17.0. The van der Waals surface area contributed by atoms with Crippen molar-refractivity contribution < 1.29 is 24.0 Å². The fourth-order valence-corrected chi connectivity index (χ4v) is 2.86. The third-order valence-corrected chi connectivity index (χ3v) is 4.93. The molecule has 1 aromatic rings. The highest BCUT2D eigenvalue weighted by Gasteiger charge is 2.52. The molecule has 2 N–H and O–H groups in total. The van der Waals surface area contributed by atoms with Crippen LogP contribution >= 0.6 is 0 Å². The predicted molar refractivity (Wildman–Crippen MR) is 83.8 cm³/mol. The van der Waals surface area contributed by atoms with Crippen molar-refractivity contribution in [3.05, 3.63) is 18.0 Å². The molecule has 1 unspecified atom stereocenters. The number of fused-ring (bicyclic) bond motifs is 1. The standard InChI is InChI=1S/C15H21BN2O5/c1-14(2)15(3,4)23-16(22-14)9-5-11-13(21)17-7-10(6-12(19)20)18(11)8-9/h5,8,10H,6-7H2,1-4H3,(H,17,21)(H,19,20). The van der Waals surface area contributed by atoms with E-state index >= 15 is 0 Å². The first-order valence-electron chi connectivity index (χ1n) is 7.68. The quantitative estimate of drug-likeness (QED) is 0.794. The van der Waals surface area contributed by atoms with Crippen molar-refractivity contribution in [3.63, 3.8) is 0 Å². The van der Waals surface area contributed by atoms with Gasteiger partial charge >= 0.3 is 13.1 Å². The highest BCUT2D eigenvalue weighted by atomic mass is 16.7. The van der Waals surface area contributed by atoms with E-state index in [1.807, 2.05) is 27.7 Å². The van der Waals surface area contributed by atoms with Gasteiger partial charge in [-0.15, -0.1) is 0 Å². The van der Waals surface area contributed by atoms with Crippen molar-refractivity contribution in [2.24, 2.45) is 0 Å². The van der Waals surface area contributed by atoms with Crippen LogP contribution in [0.5, 0.6) is 0 Å². The van der Waals surface area contributed by atoms with Crippen LogP contribution in [0.3, 0.4) is 0 Å². The minimum absolute atomic E-state index is 0.0508. The van der Waals surface area contributed by atoms with E-state index in [2.05, 4.69) is 5.32 Å². The second kappa shape index (κ2) is 5.11. The molecule has 23 heavy (non-hydrogen) atoms. The molecule has 1 amide bonds. The number of nitrogens with zero attached hydrogens (tertiary/aromatic N) is 1. The molecular formula is C15H21BN2O5. The van der Waals surface area contributed by atoms with Crippen molar-refractivity contribution in [1.82, 2.24) is 9.88 Å². The summed E-state index contributed by atoms with van der Waals surface area (Å²) in [6.07, 6.45) is 1.72. The summed E-state index contributed by atoms with van der Waals surface area (Å²) >= 11 is 0. The SMILES string of the molecule is CC1(C)OB(c2cc3n(c2)C(CC(=O)O)CNC3=O)OC1(C)C. The van der Waals surface area contributed by atoms with E-state index in [0.717, 1.165) is 5.46 Å². The van der Waals surface area contributed by atoms with Crippen LogP contribution in [0.4, 0.5) is 0 Å². The van der Waals surface area contributed by atoms with Crippen LogP contribution in [0, 0.1) is 0 Å². The van der Waals surface area contributed by atoms with E-state index < -0.39 is 24.3 Å². The van der Waals surface area contributed by atoms with E-state index in [1.54, 1.807) is 16.8 Å². The van der Waals surface area contributed by atoms with Crippen LogP contribution in [-0.2, 0) is 14.1 Å². The summed E-state index contributed by atoms with van der Waals surface area (Å²) in [5.41, 5.74) is 0.226. The van der Waals surface area contributed by atoms with Gasteiger partial charge in [-0.2, -0.15) is 0 Å². The maximum absolute atomic E-state index is 12.0. The van der Waals surface area contributed by atoms with E-state index in [1.165, 1.54) is 0 Å². The molecule has 0 aromatic carbocycles. The first kappa shape index (κ1) is 16.1. The normalized spacial score (nSPS) is 25.1. The maximum atomic E-state index is 12.0. The van der Waals surface area contributed by atoms with Crippen molar-refractivity contribution in [2.75, 3.05) is 6.54 Å². The Hall–Kier alpha value is -1.80. The number of carbonyl (C=O) groups excluding carboxylic acids is 1. The monoisotopic (exact) mass is 320 g/mol. The largest absolute Gasteiger partial charge is 0.496 e. The molecule has 1 atom stereocenters. The third kappa shape index (κ3) is 2.66. The lowest BCUT2D eigenvalue weighted by Crippen LogP contribution is -2.41. The Labute approximate surface area is 135 Å². The second-order valence-corrected chi connectivity index (χ2v) is 7.12. The Morgan fingerprint density at radius 1 is 1.39 bits per heavy atom. The minimum Gasteiger partial charge on any atom is -0.481 e. The molecule has 2 aliphatic heterocycles. The molecule has 0 bridgehead atoms. The van der Waals surface area contributed by atoms with Gasteiger partial charge in [0.15, 0.2) is 0 Å². The highest BCUT2D eigenvalue weighted by molar-refractivity contribution is 6.62. The van der Waals surface area contributed by atoms with Gasteiger partial charge < -0.3 is 24.3 Å². The number of carboxylic acids is 1. The number of carbonyl (C=O) groups is 2. The van der Waals surface area contributed by atoms with Crippen molar-refractivity contribution >= 4 is 24.5 Å². The Morgan fingerprint density at radius 2 is 2.00 bits per heavy atom. The number of carboxylic acid groups (broad SMARTS) is 1. The number of nitrogens with one attached hydrogen (secondary N) is 1. The van der Waals surface area contributed by atoms with Crippen LogP contribution in [0.25, 0.3) is 0 Å². The van der Waals surface area contributed by atoms with E-state index in [9.17, 15) is 9.59 Å². The third-order valence-electron chi connectivity index (χ3n) is 4.93. The molecule has 1 saturated heterocycles. The van der Waals surface area contributed by atoms with Gasteiger partial charge in [0.25, 0.3) is 5.91 Å². The molecule has 0 saturated carbocycles. The minimum atomic E-state index is -0.900. The van der Waals surface area contributed by atoms with Gasteiger partial charge in [0.1, 0.15) is 5.69 Å². The molecule has 2 aliphatic rings. The summed E-state index contributed by atoms with van der Waals surface area (Å²) in [7, 11) is -0.573. The molecule has 1 fully saturated rings. The predicted octanol–water partition coefficient (Wildman–Crippen LogP) is 0.546. The Balaban J connectivity index is 1.92. The summed E-state index contributed by atoms with van der Waals surface area (Å²) < 4.78 is 13.7. The van der Waals surface area contributed by atoms with E-state index in [4.69, 9.17) is 14.4 Å². The van der Waals surface area contributed by atoms with Gasteiger partial charge in [-0.25, -0.2) is 0 Å². The van der Waals surface area contributed by atoms with Gasteiger partial charge in [0.05, 0.1) is 23.7 Å². The first-order chi connectivity index (χ1) is 10.6. The number of rotatable bonds is 3.